The highest BCUT2D eigenvalue weighted by molar-refractivity contribution is 5.85. The molecule has 0 amide bonds. The van der Waals surface area contributed by atoms with Crippen molar-refractivity contribution in [2.75, 3.05) is 14.1 Å². The zero-order chi connectivity index (χ0) is 3.58. The molecule has 0 fully saturated rings. The summed E-state index contributed by atoms with van der Waals surface area (Å²) in [4.78, 5) is 0. The molecule has 7 heavy (non-hydrogen) atoms. The molecule has 0 unspecified atom stereocenters. The zero-order valence-electron chi connectivity index (χ0n) is 4.51. The average Bonchev–Trinajstić information content (AvgIpc) is 0.811. The largest absolute Gasteiger partial charge is 0.412 e. The lowest BCUT2D eigenvalue weighted by atomic mass is 11.2. The van der Waals surface area contributed by atoms with Gasteiger partial charge in [0.15, 0.2) is 0 Å². The molecule has 0 aromatic rings. The van der Waals surface area contributed by atoms with Crippen LogP contribution in [0.3, 0.4) is 0 Å². The van der Waals surface area contributed by atoms with Crippen molar-refractivity contribution in [3.8, 4) is 0 Å². The molecule has 0 spiro atoms. The highest BCUT2D eigenvalue weighted by Crippen LogP contribution is 1.46. The second-order valence-corrected chi connectivity index (χ2v) is 0.847. The molecule has 0 heterocycles. The molecule has 0 saturated carbocycles. The van der Waals surface area contributed by atoms with Crippen molar-refractivity contribution in [1.29, 1.82) is 0 Å². The minimum Gasteiger partial charge on any atom is -0.412 e. The maximum absolute atomic E-state index is 7.89. The van der Waals surface area contributed by atoms with Crippen LogP contribution in [0.1, 0.15) is 0 Å². The summed E-state index contributed by atoms with van der Waals surface area (Å²) in [6.07, 6.45) is 0. The minimum absolute atomic E-state index is 0. The van der Waals surface area contributed by atoms with E-state index < -0.39 is 0 Å². The first-order valence-corrected chi connectivity index (χ1v) is 1.09. The van der Waals surface area contributed by atoms with Gasteiger partial charge >= 0.3 is 0 Å². The molecule has 0 radical (unpaired) electrons. The number of nitrogens with zero attached hydrogens (tertiary/aromatic N) is 1. The summed E-state index contributed by atoms with van der Waals surface area (Å²) in [5.41, 5.74) is 0. The number of hydroxylamine groups is 2. The predicted octanol–water partition coefficient (Wildman–Crippen LogP) is -0.304. The Morgan fingerprint density at radius 1 is 1.29 bits per heavy atom. The first kappa shape index (κ1) is 27.3. The standard InChI is InChI=1S/C2H7NO.ClH.H3N.H2O/c1-3(2)4;;;/h4H,1-2H3;1H;1H3;1H2. The highest BCUT2D eigenvalue weighted by atomic mass is 35.5. The molecule has 0 bridgehead atoms. The highest BCUT2D eigenvalue weighted by Gasteiger charge is 1.59. The Labute approximate surface area is 49.4 Å². The number of halogens is 1. The Bertz CT molecular complexity index is 18.4. The van der Waals surface area contributed by atoms with E-state index in [-0.39, 0.29) is 24.0 Å². The molecule has 0 aromatic heterocycles. The lowest BCUT2D eigenvalue weighted by Gasteiger charge is -1.89. The Kier molecular flexibility index (Phi) is 64.3. The van der Waals surface area contributed by atoms with E-state index in [9.17, 15) is 0 Å². The summed E-state index contributed by atoms with van der Waals surface area (Å²) >= 11 is 0. The molecule has 6 N–H and O–H groups in total. The van der Waals surface area contributed by atoms with Gasteiger partial charge in [0.05, 0.1) is 0 Å². The van der Waals surface area contributed by atoms with Crippen LogP contribution < -0.4 is 6.15 Å². The fourth-order valence-corrected chi connectivity index (χ4v) is 0. The van der Waals surface area contributed by atoms with Gasteiger partial charge in [0.1, 0.15) is 0 Å². The van der Waals surface area contributed by atoms with Gasteiger partial charge in [-0.05, 0) is 0 Å². The summed E-state index contributed by atoms with van der Waals surface area (Å²) < 4.78 is 0. The van der Waals surface area contributed by atoms with E-state index in [2.05, 4.69) is 0 Å². The van der Waals surface area contributed by atoms with Crippen LogP contribution in [0.4, 0.5) is 0 Å². The van der Waals surface area contributed by atoms with Crippen LogP contribution >= 0.6 is 12.4 Å². The molecule has 0 aliphatic heterocycles. The van der Waals surface area contributed by atoms with Crippen LogP contribution in [-0.2, 0) is 0 Å². The van der Waals surface area contributed by atoms with Gasteiger partial charge in [-0.1, -0.05) is 0 Å². The Balaban J connectivity index is -0.0000000150. The van der Waals surface area contributed by atoms with Crippen molar-refractivity contribution in [1.82, 2.24) is 11.2 Å². The maximum Gasteiger partial charge on any atom is 0.0121 e. The fraction of sp³-hybridized carbons (Fsp3) is 1.00. The second-order valence-electron chi connectivity index (χ2n) is 0.847. The smallest absolute Gasteiger partial charge is 0.0121 e. The normalized spacial score (nSPS) is 5.14. The van der Waals surface area contributed by atoms with Crippen LogP contribution in [0, 0.1) is 0 Å². The molecule has 0 rings (SSSR count). The van der Waals surface area contributed by atoms with Gasteiger partial charge in [0.2, 0.25) is 0 Å². The molecule has 0 atom stereocenters. The van der Waals surface area contributed by atoms with Gasteiger partial charge in [-0.2, -0.15) is 5.06 Å². The summed E-state index contributed by atoms with van der Waals surface area (Å²) in [5, 5.41) is 8.89. The van der Waals surface area contributed by atoms with E-state index >= 15 is 0 Å². The average molecular weight is 133 g/mol. The summed E-state index contributed by atoms with van der Waals surface area (Å²) in [6, 6.07) is 0. The van der Waals surface area contributed by atoms with Crippen LogP contribution in [0.5, 0.6) is 0 Å². The van der Waals surface area contributed by atoms with Crippen LogP contribution in [-0.4, -0.2) is 29.8 Å². The van der Waals surface area contributed by atoms with E-state index in [1.807, 2.05) is 0 Å². The molecule has 50 valence electrons. The molecule has 4 nitrogen and oxygen atoms in total. The lowest BCUT2D eigenvalue weighted by Crippen LogP contribution is -2.01. The Hall–Kier alpha value is 0.130. The molecule has 0 aromatic carbocycles. The summed E-state index contributed by atoms with van der Waals surface area (Å²) in [5.74, 6) is 0. The zero-order valence-corrected chi connectivity index (χ0v) is 5.33. The van der Waals surface area contributed by atoms with Crippen molar-refractivity contribution in [2.24, 2.45) is 0 Å². The van der Waals surface area contributed by atoms with Crippen molar-refractivity contribution in [3.63, 3.8) is 0 Å². The fourth-order valence-electron chi connectivity index (χ4n) is 0. The first-order chi connectivity index (χ1) is 1.73. The van der Waals surface area contributed by atoms with E-state index in [0.29, 0.717) is 0 Å². The van der Waals surface area contributed by atoms with Gasteiger partial charge in [0.25, 0.3) is 0 Å². The van der Waals surface area contributed by atoms with E-state index in [4.69, 9.17) is 5.21 Å². The maximum atomic E-state index is 7.89. The molecular formula is C2H13ClN2O2. The van der Waals surface area contributed by atoms with Crippen molar-refractivity contribution in [2.45, 2.75) is 0 Å². The van der Waals surface area contributed by atoms with E-state index in [1.165, 1.54) is 0 Å². The van der Waals surface area contributed by atoms with Crippen molar-refractivity contribution in [3.05, 3.63) is 0 Å². The minimum atomic E-state index is 0. The van der Waals surface area contributed by atoms with Crippen molar-refractivity contribution < 1.29 is 10.7 Å². The quantitative estimate of drug-likeness (QED) is 0.444. The number of hydrogen-bond donors (Lipinski definition) is 2. The third-order valence-electron chi connectivity index (χ3n) is 0. The van der Waals surface area contributed by atoms with Crippen LogP contribution in [0.2, 0.25) is 0 Å². The monoisotopic (exact) mass is 132 g/mol. The van der Waals surface area contributed by atoms with Gasteiger partial charge < -0.3 is 16.8 Å². The SMILES string of the molecule is CN(C)O.Cl.N.O. The van der Waals surface area contributed by atoms with E-state index in [1.54, 1.807) is 14.1 Å². The van der Waals surface area contributed by atoms with Gasteiger partial charge in [-0.25, -0.2) is 0 Å². The Morgan fingerprint density at radius 3 is 1.29 bits per heavy atom. The molecule has 0 aliphatic rings. The first-order valence-electron chi connectivity index (χ1n) is 1.09. The third kappa shape index (κ3) is 6190. The van der Waals surface area contributed by atoms with Crippen LogP contribution in [0.15, 0.2) is 0 Å². The van der Waals surface area contributed by atoms with Crippen molar-refractivity contribution >= 4 is 12.4 Å². The number of hydrogen-bond acceptors (Lipinski definition) is 3. The summed E-state index contributed by atoms with van der Waals surface area (Å²) in [6.45, 7) is 0. The molecule has 0 aliphatic carbocycles. The van der Waals surface area contributed by atoms with Gasteiger partial charge in [-0.3, -0.25) is 0 Å². The topological polar surface area (TPSA) is 90.0 Å². The van der Waals surface area contributed by atoms with Gasteiger partial charge in [-0.15, -0.1) is 12.4 Å². The molecule has 0 saturated heterocycles. The Morgan fingerprint density at radius 2 is 1.29 bits per heavy atom. The van der Waals surface area contributed by atoms with E-state index in [0.717, 1.165) is 5.06 Å². The predicted molar refractivity (Wildman–Crippen MR) is 31.4 cm³/mol. The van der Waals surface area contributed by atoms with Crippen LogP contribution in [0.25, 0.3) is 0 Å². The molecule has 5 heteroatoms. The summed E-state index contributed by atoms with van der Waals surface area (Å²) in [7, 11) is 3.11. The number of rotatable bonds is 0. The lowest BCUT2D eigenvalue weighted by molar-refractivity contribution is -0.0372. The second kappa shape index (κ2) is 16.5. The molecular weight excluding hydrogens is 119 g/mol. The third-order valence-corrected chi connectivity index (χ3v) is 0. The van der Waals surface area contributed by atoms with Gasteiger partial charge in [0, 0.05) is 14.1 Å².